The highest BCUT2D eigenvalue weighted by atomic mass is 35.5. The third-order valence-corrected chi connectivity index (χ3v) is 4.38. The molecule has 0 unspecified atom stereocenters. The summed E-state index contributed by atoms with van der Waals surface area (Å²) in [7, 11) is 0. The third-order valence-electron chi connectivity index (χ3n) is 4.13. The number of benzene rings is 3. The predicted octanol–water partition coefficient (Wildman–Crippen LogP) is 4.56. The Hall–Kier alpha value is -3.18. The van der Waals surface area contributed by atoms with E-state index in [4.69, 9.17) is 11.6 Å². The van der Waals surface area contributed by atoms with Crippen molar-refractivity contribution >= 4 is 29.1 Å². The van der Waals surface area contributed by atoms with Crippen LogP contribution in [-0.4, -0.2) is 24.9 Å². The zero-order chi connectivity index (χ0) is 19.9. The highest BCUT2D eigenvalue weighted by Gasteiger charge is 2.18. The second-order valence-electron chi connectivity index (χ2n) is 6.06. The van der Waals surface area contributed by atoms with Crippen LogP contribution in [0.2, 0.25) is 5.02 Å². The van der Waals surface area contributed by atoms with Gasteiger partial charge >= 0.3 is 0 Å². The zero-order valence-electron chi connectivity index (χ0n) is 14.9. The molecule has 0 atom stereocenters. The number of carbonyl (C=O) groups is 2. The number of anilines is 1. The molecule has 28 heavy (non-hydrogen) atoms. The van der Waals surface area contributed by atoms with E-state index in [1.165, 1.54) is 29.2 Å². The predicted molar refractivity (Wildman–Crippen MR) is 108 cm³/mol. The van der Waals surface area contributed by atoms with Gasteiger partial charge in [0.05, 0.1) is 0 Å². The summed E-state index contributed by atoms with van der Waals surface area (Å²) < 4.78 is 13.3. The number of amides is 2. The van der Waals surface area contributed by atoms with Crippen LogP contribution in [0.25, 0.3) is 0 Å². The molecule has 0 spiro atoms. The Balaban J connectivity index is 1.74. The van der Waals surface area contributed by atoms with Gasteiger partial charge in [-0.3, -0.25) is 9.59 Å². The van der Waals surface area contributed by atoms with E-state index >= 15 is 0 Å². The molecule has 142 valence electrons. The molecule has 2 amide bonds. The van der Waals surface area contributed by atoms with Crippen molar-refractivity contribution in [1.29, 1.82) is 0 Å². The number of nitrogens with one attached hydrogen (secondary N) is 1. The molecule has 4 nitrogen and oxygen atoms in total. The van der Waals surface area contributed by atoms with Crippen molar-refractivity contribution in [1.82, 2.24) is 5.32 Å². The molecule has 6 heteroatoms. The van der Waals surface area contributed by atoms with Crippen molar-refractivity contribution in [3.05, 3.63) is 101 Å². The van der Waals surface area contributed by atoms with Gasteiger partial charge in [0.25, 0.3) is 11.8 Å². The van der Waals surface area contributed by atoms with Crippen LogP contribution in [0.5, 0.6) is 0 Å². The molecule has 0 aliphatic rings. The molecule has 0 aliphatic carbocycles. The van der Waals surface area contributed by atoms with E-state index in [9.17, 15) is 14.0 Å². The van der Waals surface area contributed by atoms with Crippen LogP contribution in [0.1, 0.15) is 20.7 Å². The Morgan fingerprint density at radius 2 is 1.50 bits per heavy atom. The highest BCUT2D eigenvalue weighted by molar-refractivity contribution is 6.30. The first-order valence-corrected chi connectivity index (χ1v) is 9.08. The SMILES string of the molecule is O=C(NCCN(C(=O)c1ccc(Cl)cc1)c1ccc(F)cc1)c1ccccc1. The van der Waals surface area contributed by atoms with E-state index in [1.807, 2.05) is 6.07 Å². The lowest BCUT2D eigenvalue weighted by Crippen LogP contribution is -2.38. The first-order valence-electron chi connectivity index (χ1n) is 8.71. The van der Waals surface area contributed by atoms with E-state index in [1.54, 1.807) is 48.5 Å². The topological polar surface area (TPSA) is 49.4 Å². The van der Waals surface area contributed by atoms with Gasteiger partial charge in [-0.1, -0.05) is 29.8 Å². The molecule has 3 rings (SSSR count). The largest absolute Gasteiger partial charge is 0.350 e. The van der Waals surface area contributed by atoms with Gasteiger partial charge in [0.15, 0.2) is 0 Å². The van der Waals surface area contributed by atoms with Crippen molar-refractivity contribution in [3.63, 3.8) is 0 Å². The van der Waals surface area contributed by atoms with Crippen LogP contribution in [-0.2, 0) is 0 Å². The first kappa shape index (κ1) is 19.6. The summed E-state index contributed by atoms with van der Waals surface area (Å²) in [6, 6.07) is 21.0. The monoisotopic (exact) mass is 396 g/mol. The third kappa shape index (κ3) is 4.96. The number of hydrogen-bond acceptors (Lipinski definition) is 2. The van der Waals surface area contributed by atoms with Gasteiger partial charge in [0.1, 0.15) is 5.82 Å². The quantitative estimate of drug-likeness (QED) is 0.664. The maximum Gasteiger partial charge on any atom is 0.258 e. The van der Waals surface area contributed by atoms with Gasteiger partial charge in [-0.2, -0.15) is 0 Å². The molecule has 3 aromatic carbocycles. The van der Waals surface area contributed by atoms with Crippen molar-refractivity contribution in [2.24, 2.45) is 0 Å². The van der Waals surface area contributed by atoms with Gasteiger partial charge in [-0.25, -0.2) is 4.39 Å². The van der Waals surface area contributed by atoms with Crippen LogP contribution >= 0.6 is 11.6 Å². The smallest absolute Gasteiger partial charge is 0.258 e. The highest BCUT2D eigenvalue weighted by Crippen LogP contribution is 2.19. The van der Waals surface area contributed by atoms with E-state index in [2.05, 4.69) is 5.32 Å². The molecule has 3 aromatic rings. The van der Waals surface area contributed by atoms with Crippen molar-refractivity contribution < 1.29 is 14.0 Å². The Labute approximate surface area is 167 Å². The molecule has 0 aliphatic heterocycles. The van der Waals surface area contributed by atoms with E-state index in [0.29, 0.717) is 21.8 Å². The van der Waals surface area contributed by atoms with E-state index in [0.717, 1.165) is 0 Å². The second kappa shape index (κ2) is 9.15. The summed E-state index contributed by atoms with van der Waals surface area (Å²) in [5.74, 6) is -0.879. The van der Waals surface area contributed by atoms with Crippen LogP contribution in [0.3, 0.4) is 0 Å². The van der Waals surface area contributed by atoms with Crippen LogP contribution in [0, 0.1) is 5.82 Å². The van der Waals surface area contributed by atoms with Crippen molar-refractivity contribution in [3.8, 4) is 0 Å². The van der Waals surface area contributed by atoms with Crippen LogP contribution < -0.4 is 10.2 Å². The number of rotatable bonds is 6. The average molecular weight is 397 g/mol. The fourth-order valence-corrected chi connectivity index (χ4v) is 2.82. The molecule has 0 heterocycles. The normalized spacial score (nSPS) is 10.4. The average Bonchev–Trinajstić information content (AvgIpc) is 2.73. The standard InChI is InChI=1S/C22H18ClFN2O2/c23-18-8-6-17(7-9-18)22(28)26(20-12-10-19(24)11-13-20)15-14-25-21(27)16-4-2-1-3-5-16/h1-13H,14-15H2,(H,25,27). The molecule has 0 saturated heterocycles. The molecule has 0 fully saturated rings. The number of carbonyl (C=O) groups excluding carboxylic acids is 2. The van der Waals surface area contributed by atoms with Gasteiger partial charge in [-0.15, -0.1) is 0 Å². The first-order chi connectivity index (χ1) is 13.5. The minimum Gasteiger partial charge on any atom is -0.350 e. The summed E-state index contributed by atoms with van der Waals surface area (Å²) in [5, 5.41) is 3.33. The maximum absolute atomic E-state index is 13.3. The zero-order valence-corrected chi connectivity index (χ0v) is 15.7. The summed E-state index contributed by atoms with van der Waals surface area (Å²) in [6.45, 7) is 0.468. The van der Waals surface area contributed by atoms with Crippen molar-refractivity contribution in [2.75, 3.05) is 18.0 Å². The van der Waals surface area contributed by atoms with Crippen LogP contribution in [0.15, 0.2) is 78.9 Å². The summed E-state index contributed by atoms with van der Waals surface area (Å²) in [6.07, 6.45) is 0. The molecule has 0 radical (unpaired) electrons. The molecular formula is C22H18ClFN2O2. The lowest BCUT2D eigenvalue weighted by Gasteiger charge is -2.23. The van der Waals surface area contributed by atoms with Crippen molar-refractivity contribution in [2.45, 2.75) is 0 Å². The van der Waals surface area contributed by atoms with E-state index in [-0.39, 0.29) is 30.7 Å². The Kier molecular flexibility index (Phi) is 6.40. The summed E-state index contributed by atoms with van der Waals surface area (Å²) in [5.41, 5.74) is 1.53. The number of nitrogens with zero attached hydrogens (tertiary/aromatic N) is 1. The van der Waals surface area contributed by atoms with E-state index < -0.39 is 0 Å². The van der Waals surface area contributed by atoms with Gasteiger partial charge in [0.2, 0.25) is 0 Å². The Bertz CT molecular complexity index is 945. The molecule has 0 saturated carbocycles. The fraction of sp³-hybridized carbons (Fsp3) is 0.0909. The lowest BCUT2D eigenvalue weighted by atomic mass is 10.1. The minimum absolute atomic E-state index is 0.224. The maximum atomic E-state index is 13.3. The van der Waals surface area contributed by atoms with Crippen LogP contribution in [0.4, 0.5) is 10.1 Å². The molecule has 0 aromatic heterocycles. The summed E-state index contributed by atoms with van der Waals surface area (Å²) in [4.78, 5) is 26.7. The lowest BCUT2D eigenvalue weighted by molar-refractivity contribution is 0.0943. The fourth-order valence-electron chi connectivity index (χ4n) is 2.69. The van der Waals surface area contributed by atoms with Gasteiger partial charge in [0, 0.05) is 34.9 Å². The van der Waals surface area contributed by atoms with Gasteiger partial charge in [-0.05, 0) is 60.7 Å². The minimum atomic E-state index is -0.389. The Morgan fingerprint density at radius 1 is 0.857 bits per heavy atom. The molecular weight excluding hydrogens is 379 g/mol. The second-order valence-corrected chi connectivity index (χ2v) is 6.50. The number of halogens is 2. The summed E-state index contributed by atoms with van der Waals surface area (Å²) >= 11 is 5.89. The molecule has 1 N–H and O–H groups in total. The Morgan fingerprint density at radius 3 is 2.14 bits per heavy atom. The van der Waals surface area contributed by atoms with Gasteiger partial charge < -0.3 is 10.2 Å². The molecule has 0 bridgehead atoms. The number of hydrogen-bond donors (Lipinski definition) is 1.